The molecule has 0 aliphatic carbocycles. The number of alkyl halides is 2. The van der Waals surface area contributed by atoms with Gasteiger partial charge in [-0.15, -0.1) is 0 Å². The van der Waals surface area contributed by atoms with Gasteiger partial charge >= 0.3 is 6.09 Å². The van der Waals surface area contributed by atoms with Crippen molar-refractivity contribution in [1.29, 1.82) is 0 Å². The van der Waals surface area contributed by atoms with Crippen LogP contribution in [0.1, 0.15) is 44.4 Å². The fourth-order valence-electron chi connectivity index (χ4n) is 2.86. The number of benzene rings is 2. The number of ether oxygens (including phenoxy) is 1. The highest BCUT2D eigenvalue weighted by Crippen LogP contribution is 2.37. The highest BCUT2D eigenvalue weighted by molar-refractivity contribution is 6.31. The maximum atomic E-state index is 14.9. The third kappa shape index (κ3) is 5.56. The summed E-state index contributed by atoms with van der Waals surface area (Å²) in [5.74, 6) is 2.50. The van der Waals surface area contributed by atoms with Crippen LogP contribution >= 0.6 is 11.6 Å². The van der Waals surface area contributed by atoms with Crippen LogP contribution < -0.4 is 5.32 Å². The number of nitrogens with one attached hydrogen (secondary N) is 1. The lowest BCUT2D eigenvalue weighted by Gasteiger charge is -2.27. The smallest absolute Gasteiger partial charge is 0.408 e. The summed E-state index contributed by atoms with van der Waals surface area (Å²) in [4.78, 5) is 11.8. The van der Waals surface area contributed by atoms with Gasteiger partial charge in [-0.2, -0.15) is 8.78 Å². The summed E-state index contributed by atoms with van der Waals surface area (Å²) < 4.78 is 40.1. The topological polar surface area (TPSA) is 51.5 Å². The Morgan fingerprint density at radius 1 is 1.10 bits per heavy atom. The molecule has 0 fully saturated rings. The first-order valence-electron chi connectivity index (χ1n) is 9.62. The first-order chi connectivity index (χ1) is 14.5. The first-order valence-corrected chi connectivity index (χ1v) is 10.00. The Hall–Kier alpha value is -3.04. The summed E-state index contributed by atoms with van der Waals surface area (Å²) in [7, 11) is 0. The van der Waals surface area contributed by atoms with Crippen LogP contribution in [-0.4, -0.2) is 17.7 Å². The number of hydrogen-bond acceptors (Lipinski definition) is 3. The molecular formula is C24H22ClF2NO3. The number of hydrogen-bond donors (Lipinski definition) is 1. The van der Waals surface area contributed by atoms with E-state index in [1.54, 1.807) is 27.0 Å². The lowest BCUT2D eigenvalue weighted by molar-refractivity contribution is -0.0410. The zero-order valence-corrected chi connectivity index (χ0v) is 18.3. The van der Waals surface area contributed by atoms with Crippen molar-refractivity contribution in [2.75, 3.05) is 0 Å². The van der Waals surface area contributed by atoms with Crippen molar-refractivity contribution in [3.8, 4) is 11.8 Å². The zero-order valence-electron chi connectivity index (χ0n) is 17.6. The van der Waals surface area contributed by atoms with Gasteiger partial charge in [0.15, 0.2) is 0 Å². The maximum Gasteiger partial charge on any atom is 0.408 e. The summed E-state index contributed by atoms with van der Waals surface area (Å²) in [6, 6.07) is 9.88. The summed E-state index contributed by atoms with van der Waals surface area (Å²) in [5.41, 5.74) is 0.815. The molecule has 0 radical (unpaired) electrons. The predicted octanol–water partition coefficient (Wildman–Crippen LogP) is 6.49. The van der Waals surface area contributed by atoms with E-state index in [1.165, 1.54) is 25.1 Å². The van der Waals surface area contributed by atoms with Crippen molar-refractivity contribution in [1.82, 2.24) is 5.32 Å². The molecular weight excluding hydrogens is 424 g/mol. The minimum atomic E-state index is -3.41. The van der Waals surface area contributed by atoms with Crippen molar-refractivity contribution in [3.05, 3.63) is 70.4 Å². The van der Waals surface area contributed by atoms with E-state index < -0.39 is 29.2 Å². The molecule has 3 aromatic rings. The van der Waals surface area contributed by atoms with Crippen LogP contribution in [0.2, 0.25) is 5.02 Å². The Kier molecular flexibility index (Phi) is 6.28. The molecule has 0 aliphatic rings. The number of halogens is 3. The Morgan fingerprint density at radius 3 is 2.39 bits per heavy atom. The molecule has 31 heavy (non-hydrogen) atoms. The molecule has 1 atom stereocenters. The van der Waals surface area contributed by atoms with E-state index in [0.29, 0.717) is 5.56 Å². The average molecular weight is 446 g/mol. The highest BCUT2D eigenvalue weighted by atomic mass is 35.5. The van der Waals surface area contributed by atoms with Gasteiger partial charge in [0, 0.05) is 22.1 Å². The summed E-state index contributed by atoms with van der Waals surface area (Å²) in [5, 5.41) is 2.95. The van der Waals surface area contributed by atoms with Crippen molar-refractivity contribution in [2.24, 2.45) is 0 Å². The molecule has 7 heteroatoms. The lowest BCUT2D eigenvalue weighted by atomic mass is 10.0. The second-order valence-electron chi connectivity index (χ2n) is 8.11. The minimum absolute atomic E-state index is 0.139. The van der Waals surface area contributed by atoms with Gasteiger partial charge in [-0.1, -0.05) is 29.5 Å². The Bertz CT molecular complexity index is 1170. The van der Waals surface area contributed by atoms with E-state index in [0.717, 1.165) is 16.5 Å². The van der Waals surface area contributed by atoms with Gasteiger partial charge in [-0.3, -0.25) is 0 Å². The molecule has 4 nitrogen and oxygen atoms in total. The third-order valence-electron chi connectivity index (χ3n) is 4.41. The predicted molar refractivity (Wildman–Crippen MR) is 116 cm³/mol. The summed E-state index contributed by atoms with van der Waals surface area (Å²) in [6.45, 7) is 6.15. The van der Waals surface area contributed by atoms with E-state index >= 15 is 0 Å². The van der Waals surface area contributed by atoms with Crippen molar-refractivity contribution >= 4 is 28.7 Å². The monoisotopic (exact) mass is 445 g/mol. The number of alkyl carbamates (subject to hydrolysis) is 1. The number of carbonyl (C=O) groups excluding carboxylic acids is 1. The van der Waals surface area contributed by atoms with E-state index in [2.05, 4.69) is 17.2 Å². The molecule has 162 valence electrons. The fraction of sp³-hybridized carbons (Fsp3) is 0.292. The molecule has 1 unspecified atom stereocenters. The Labute approximate surface area is 184 Å². The van der Waals surface area contributed by atoms with Crippen LogP contribution in [0.3, 0.4) is 0 Å². The second kappa shape index (κ2) is 8.60. The van der Waals surface area contributed by atoms with E-state index in [1.807, 2.05) is 24.3 Å². The summed E-state index contributed by atoms with van der Waals surface area (Å²) in [6.07, 6.45) is 0.673. The van der Waals surface area contributed by atoms with E-state index in [9.17, 15) is 13.6 Å². The third-order valence-corrected chi connectivity index (χ3v) is 4.72. The van der Waals surface area contributed by atoms with Crippen LogP contribution in [0.25, 0.3) is 11.0 Å². The van der Waals surface area contributed by atoms with Crippen molar-refractivity contribution < 1.29 is 22.7 Å². The van der Waals surface area contributed by atoms with Crippen molar-refractivity contribution in [3.63, 3.8) is 0 Å². The number of carbonyl (C=O) groups is 1. The SMILES string of the molecule is CC(NC(=O)OC(C)(C)C)C(F)(F)c1ccc(C#Cc2ccc3occc3c2)cc1Cl. The van der Waals surface area contributed by atoms with Gasteiger partial charge in [0.05, 0.1) is 17.3 Å². The summed E-state index contributed by atoms with van der Waals surface area (Å²) >= 11 is 6.14. The van der Waals surface area contributed by atoms with E-state index in [4.69, 9.17) is 20.8 Å². The molecule has 0 aliphatic heterocycles. The molecule has 2 aromatic carbocycles. The van der Waals surface area contributed by atoms with Gasteiger partial charge in [0.1, 0.15) is 11.2 Å². The maximum absolute atomic E-state index is 14.9. The molecule has 0 spiro atoms. The van der Waals surface area contributed by atoms with Gasteiger partial charge in [-0.05, 0) is 64.1 Å². The highest BCUT2D eigenvalue weighted by Gasteiger charge is 2.41. The molecule has 1 aromatic heterocycles. The normalized spacial score (nSPS) is 12.7. The van der Waals surface area contributed by atoms with E-state index in [-0.39, 0.29) is 5.02 Å². The first kappa shape index (κ1) is 22.6. The van der Waals surface area contributed by atoms with Gasteiger partial charge < -0.3 is 14.5 Å². The molecule has 0 bridgehead atoms. The Balaban J connectivity index is 1.77. The molecule has 1 N–H and O–H groups in total. The molecule has 0 saturated heterocycles. The zero-order chi connectivity index (χ0) is 22.8. The average Bonchev–Trinajstić information content (AvgIpc) is 3.12. The minimum Gasteiger partial charge on any atom is -0.464 e. The fourth-order valence-corrected chi connectivity index (χ4v) is 3.17. The van der Waals surface area contributed by atoms with Crippen molar-refractivity contribution in [2.45, 2.75) is 45.3 Å². The van der Waals surface area contributed by atoms with Gasteiger partial charge in [0.25, 0.3) is 5.92 Å². The Morgan fingerprint density at radius 2 is 1.74 bits per heavy atom. The number of amides is 1. The van der Waals surface area contributed by atoms with Gasteiger partial charge in [0.2, 0.25) is 0 Å². The number of fused-ring (bicyclic) bond motifs is 1. The number of rotatable bonds is 3. The largest absolute Gasteiger partial charge is 0.464 e. The van der Waals surface area contributed by atoms with Crippen LogP contribution in [0.4, 0.5) is 13.6 Å². The van der Waals surface area contributed by atoms with Crippen LogP contribution in [-0.2, 0) is 10.7 Å². The molecule has 0 saturated carbocycles. The molecule has 3 rings (SSSR count). The van der Waals surface area contributed by atoms with Crippen LogP contribution in [0, 0.1) is 11.8 Å². The molecule has 1 amide bonds. The number of furan rings is 1. The quantitative estimate of drug-likeness (QED) is 0.469. The second-order valence-corrected chi connectivity index (χ2v) is 8.52. The standard InChI is InChI=1S/C24H22ClF2NO3/c1-15(28-22(29)31-23(2,3)4)24(26,27)19-9-7-17(14-20(19)25)6-5-16-8-10-21-18(13-16)11-12-30-21/h7-15H,1-4H3,(H,28,29). The lowest BCUT2D eigenvalue weighted by Crippen LogP contribution is -2.46. The van der Waals surface area contributed by atoms with Gasteiger partial charge in [-0.25, -0.2) is 4.79 Å². The van der Waals surface area contributed by atoms with Crippen LogP contribution in [0.15, 0.2) is 53.1 Å². The molecule has 1 heterocycles. The van der Waals surface area contributed by atoms with Crippen LogP contribution in [0.5, 0.6) is 0 Å².